The minimum Gasteiger partial charge on any atom is -0.370 e. The van der Waals surface area contributed by atoms with Crippen molar-refractivity contribution < 1.29 is 17.6 Å². The number of nitrogens with zero attached hydrogens (tertiary/aromatic N) is 2. The van der Waals surface area contributed by atoms with Gasteiger partial charge in [0.1, 0.15) is 5.82 Å². The van der Waals surface area contributed by atoms with E-state index in [1.807, 2.05) is 0 Å². The highest BCUT2D eigenvalue weighted by Gasteiger charge is 2.25. The van der Waals surface area contributed by atoms with E-state index in [1.165, 1.54) is 16.4 Å². The maximum Gasteiger partial charge on any atom is 0.257 e. The summed E-state index contributed by atoms with van der Waals surface area (Å²) in [6.07, 6.45) is 3.19. The second-order valence-electron chi connectivity index (χ2n) is 7.39. The summed E-state index contributed by atoms with van der Waals surface area (Å²) in [4.78, 5) is 15.1. The Bertz CT molecular complexity index is 1050. The number of nitrogens with one attached hydrogen (secondary N) is 1. The average Bonchev–Trinajstić information content (AvgIpc) is 2.75. The summed E-state index contributed by atoms with van der Waals surface area (Å²) in [5.41, 5.74) is 1.26. The molecule has 0 saturated carbocycles. The van der Waals surface area contributed by atoms with Crippen LogP contribution in [0.5, 0.6) is 0 Å². The second-order valence-corrected chi connectivity index (χ2v) is 9.74. The molecule has 1 amide bonds. The molecule has 0 radical (unpaired) electrons. The van der Waals surface area contributed by atoms with Crippen molar-refractivity contribution in [1.82, 2.24) is 4.31 Å². The van der Waals surface area contributed by atoms with Crippen LogP contribution in [-0.4, -0.2) is 44.8 Å². The Kier molecular flexibility index (Phi) is 7.56. The number of anilines is 2. The number of piperidine rings is 1. The summed E-state index contributed by atoms with van der Waals surface area (Å²) in [6, 6.07) is 8.36. The van der Waals surface area contributed by atoms with Gasteiger partial charge in [-0.25, -0.2) is 12.8 Å². The van der Waals surface area contributed by atoms with E-state index in [9.17, 15) is 17.6 Å². The molecule has 6 nitrogen and oxygen atoms in total. The minimum absolute atomic E-state index is 0.0102. The van der Waals surface area contributed by atoms with Crippen LogP contribution in [0.15, 0.2) is 41.3 Å². The van der Waals surface area contributed by atoms with Gasteiger partial charge >= 0.3 is 0 Å². The summed E-state index contributed by atoms with van der Waals surface area (Å²) in [6.45, 7) is 5.90. The van der Waals surface area contributed by atoms with Gasteiger partial charge in [-0.3, -0.25) is 4.79 Å². The molecular weight excluding hydrogens is 441 g/mol. The first kappa shape index (κ1) is 23.5. The average molecular weight is 468 g/mol. The van der Waals surface area contributed by atoms with E-state index in [0.29, 0.717) is 18.8 Å². The van der Waals surface area contributed by atoms with Gasteiger partial charge in [0.2, 0.25) is 10.0 Å². The van der Waals surface area contributed by atoms with E-state index in [0.717, 1.165) is 50.2 Å². The fourth-order valence-electron chi connectivity index (χ4n) is 3.76. The number of benzene rings is 2. The van der Waals surface area contributed by atoms with Gasteiger partial charge in [-0.2, -0.15) is 4.31 Å². The highest BCUT2D eigenvalue weighted by molar-refractivity contribution is 7.89. The minimum atomic E-state index is -3.70. The molecule has 9 heteroatoms. The van der Waals surface area contributed by atoms with Crippen molar-refractivity contribution in [1.29, 1.82) is 0 Å². The molecule has 0 bridgehead atoms. The van der Waals surface area contributed by atoms with Gasteiger partial charge < -0.3 is 10.2 Å². The van der Waals surface area contributed by atoms with Crippen LogP contribution in [-0.2, 0) is 10.0 Å². The van der Waals surface area contributed by atoms with Gasteiger partial charge in [0.15, 0.2) is 0 Å². The molecule has 0 aromatic heterocycles. The zero-order valence-electron chi connectivity index (χ0n) is 17.7. The molecule has 1 heterocycles. The lowest BCUT2D eigenvalue weighted by molar-refractivity contribution is 0.102. The zero-order chi connectivity index (χ0) is 22.6. The Morgan fingerprint density at radius 2 is 1.77 bits per heavy atom. The Hall–Kier alpha value is -2.16. The molecule has 1 aliphatic heterocycles. The van der Waals surface area contributed by atoms with E-state index in [2.05, 4.69) is 10.2 Å². The van der Waals surface area contributed by atoms with Gasteiger partial charge in [0.25, 0.3) is 5.91 Å². The fourth-order valence-corrected chi connectivity index (χ4v) is 5.50. The standard InChI is InChI=1S/C22H27ClFN3O3S/c1-3-27(4-2)31(29,30)17-9-11-21(26-12-6-5-7-13-26)20(15-17)25-22(28)18-10-8-16(24)14-19(18)23/h8-11,14-15H,3-7,12-13H2,1-2H3,(H,25,28). The molecule has 1 fully saturated rings. The quantitative estimate of drug-likeness (QED) is 0.637. The van der Waals surface area contributed by atoms with Crippen LogP contribution in [0.1, 0.15) is 43.5 Å². The highest BCUT2D eigenvalue weighted by atomic mass is 35.5. The van der Waals surface area contributed by atoms with Crippen LogP contribution in [0.4, 0.5) is 15.8 Å². The summed E-state index contributed by atoms with van der Waals surface area (Å²) >= 11 is 6.05. The van der Waals surface area contributed by atoms with Gasteiger partial charge in [-0.05, 0) is 55.7 Å². The first-order chi connectivity index (χ1) is 14.8. The van der Waals surface area contributed by atoms with Crippen molar-refractivity contribution in [3.8, 4) is 0 Å². The first-order valence-corrected chi connectivity index (χ1v) is 12.2. The molecule has 0 spiro atoms. The van der Waals surface area contributed by atoms with Gasteiger partial charge in [0, 0.05) is 26.2 Å². The lowest BCUT2D eigenvalue weighted by atomic mass is 10.1. The van der Waals surface area contributed by atoms with Gasteiger partial charge in [-0.15, -0.1) is 0 Å². The van der Waals surface area contributed by atoms with Gasteiger partial charge in [0.05, 0.1) is 26.9 Å². The monoisotopic (exact) mass is 467 g/mol. The number of halogens is 2. The molecule has 1 N–H and O–H groups in total. The molecule has 0 atom stereocenters. The van der Waals surface area contributed by atoms with Crippen molar-refractivity contribution in [2.24, 2.45) is 0 Å². The predicted molar refractivity (Wildman–Crippen MR) is 122 cm³/mol. The number of carbonyl (C=O) groups excluding carboxylic acids is 1. The van der Waals surface area contributed by atoms with E-state index in [1.54, 1.807) is 26.0 Å². The van der Waals surface area contributed by atoms with E-state index in [4.69, 9.17) is 11.6 Å². The number of hydrogen-bond donors (Lipinski definition) is 1. The fraction of sp³-hybridized carbons (Fsp3) is 0.409. The first-order valence-electron chi connectivity index (χ1n) is 10.4. The largest absolute Gasteiger partial charge is 0.370 e. The summed E-state index contributed by atoms with van der Waals surface area (Å²) in [5.74, 6) is -1.07. The zero-order valence-corrected chi connectivity index (χ0v) is 19.3. The summed E-state index contributed by atoms with van der Waals surface area (Å²) in [5, 5.41) is 2.79. The van der Waals surface area contributed by atoms with Crippen molar-refractivity contribution in [2.75, 3.05) is 36.4 Å². The van der Waals surface area contributed by atoms with Crippen LogP contribution < -0.4 is 10.2 Å². The Morgan fingerprint density at radius 1 is 1.10 bits per heavy atom. The third kappa shape index (κ3) is 5.19. The van der Waals surface area contributed by atoms with Crippen LogP contribution in [0, 0.1) is 5.82 Å². The smallest absolute Gasteiger partial charge is 0.257 e. The molecule has 2 aromatic rings. The SMILES string of the molecule is CCN(CC)S(=O)(=O)c1ccc(N2CCCCC2)c(NC(=O)c2ccc(F)cc2Cl)c1. The Morgan fingerprint density at radius 3 is 2.39 bits per heavy atom. The molecule has 168 valence electrons. The second kappa shape index (κ2) is 9.97. The summed E-state index contributed by atoms with van der Waals surface area (Å²) in [7, 11) is -3.70. The molecule has 31 heavy (non-hydrogen) atoms. The number of sulfonamides is 1. The maximum absolute atomic E-state index is 13.4. The molecule has 1 aliphatic rings. The van der Waals surface area contributed by atoms with Crippen LogP contribution >= 0.6 is 11.6 Å². The van der Waals surface area contributed by atoms with Crippen molar-refractivity contribution in [3.05, 3.63) is 52.8 Å². The van der Waals surface area contributed by atoms with E-state index >= 15 is 0 Å². The topological polar surface area (TPSA) is 69.7 Å². The number of hydrogen-bond acceptors (Lipinski definition) is 4. The third-order valence-corrected chi connectivity index (χ3v) is 7.79. The highest BCUT2D eigenvalue weighted by Crippen LogP contribution is 2.33. The molecule has 0 aliphatic carbocycles. The van der Waals surface area contributed by atoms with E-state index < -0.39 is 21.7 Å². The normalized spacial score (nSPS) is 14.7. The molecule has 0 unspecified atom stereocenters. The van der Waals surface area contributed by atoms with Crippen molar-refractivity contribution in [3.63, 3.8) is 0 Å². The van der Waals surface area contributed by atoms with Crippen molar-refractivity contribution >= 4 is 38.9 Å². The molecular formula is C22H27ClFN3O3S. The van der Waals surface area contributed by atoms with Crippen molar-refractivity contribution in [2.45, 2.75) is 38.0 Å². The van der Waals surface area contributed by atoms with Crippen LogP contribution in [0.2, 0.25) is 5.02 Å². The van der Waals surface area contributed by atoms with Gasteiger partial charge in [-0.1, -0.05) is 25.4 Å². The van der Waals surface area contributed by atoms with E-state index in [-0.39, 0.29) is 15.5 Å². The molecule has 3 rings (SSSR count). The Labute approximate surface area is 188 Å². The number of rotatable bonds is 7. The van der Waals surface area contributed by atoms with Crippen LogP contribution in [0.3, 0.4) is 0 Å². The maximum atomic E-state index is 13.4. The Balaban J connectivity index is 2.02. The lowest BCUT2D eigenvalue weighted by Gasteiger charge is -2.31. The molecule has 1 saturated heterocycles. The number of amides is 1. The molecule has 2 aromatic carbocycles. The third-order valence-electron chi connectivity index (χ3n) is 5.43. The summed E-state index contributed by atoms with van der Waals surface area (Å²) < 4.78 is 40.8. The van der Waals surface area contributed by atoms with Crippen LogP contribution in [0.25, 0.3) is 0 Å². The predicted octanol–water partition coefficient (Wildman–Crippen LogP) is 4.75. The lowest BCUT2D eigenvalue weighted by Crippen LogP contribution is -2.32. The number of carbonyl (C=O) groups is 1.